The molecule has 4 heterocycles. The fourth-order valence-electron chi connectivity index (χ4n) is 5.91. The van der Waals surface area contributed by atoms with Gasteiger partial charge in [-0.2, -0.15) is 0 Å². The van der Waals surface area contributed by atoms with Gasteiger partial charge in [0.05, 0.1) is 18.6 Å². The average molecular weight is 421 g/mol. The molecule has 3 fully saturated rings. The van der Waals surface area contributed by atoms with E-state index in [2.05, 4.69) is 54.0 Å². The Morgan fingerprint density at radius 1 is 1.10 bits per heavy atom. The summed E-state index contributed by atoms with van der Waals surface area (Å²) in [6.45, 7) is 7.32. The first kappa shape index (κ1) is 21.0. The Hall–Kier alpha value is -2.20. The molecule has 3 aliphatic rings. The van der Waals surface area contributed by atoms with E-state index in [-0.39, 0.29) is 18.4 Å². The number of pyridine rings is 1. The molecule has 0 spiro atoms. The number of benzene rings is 2. The molecule has 30 heavy (non-hydrogen) atoms. The Morgan fingerprint density at radius 2 is 1.87 bits per heavy atom. The van der Waals surface area contributed by atoms with Gasteiger partial charge in [-0.15, -0.1) is 6.58 Å². The summed E-state index contributed by atoms with van der Waals surface area (Å²) >= 11 is 0. The van der Waals surface area contributed by atoms with E-state index in [1.54, 1.807) is 0 Å². The molecule has 1 aromatic heterocycles. The van der Waals surface area contributed by atoms with Crippen molar-refractivity contribution in [2.24, 2.45) is 11.8 Å². The molecule has 0 amide bonds. The minimum absolute atomic E-state index is 0. The van der Waals surface area contributed by atoms with Crippen molar-refractivity contribution in [3.05, 3.63) is 90.6 Å². The molecular formula is C26H29ClN2O. The van der Waals surface area contributed by atoms with Crippen molar-refractivity contribution < 1.29 is 22.0 Å². The molecule has 4 heteroatoms. The first-order chi connectivity index (χ1) is 14.2. The van der Waals surface area contributed by atoms with E-state index >= 15 is 0 Å². The SMILES string of the molecule is C=CC1C[N+]2(Cc3ccccc3)CC[C@H]1C[C@H]2[C@H](O)c1ccnc2ccccc12.[Cl-]. The standard InChI is InChI=1S/C26H29N2O.ClH/c1-2-20-18-28(17-19-8-4-3-5-9-19)15-13-21(20)16-25(28)26(29)23-12-14-27-24-11-7-6-10-22(23)24;/h2-12,14,20-21,25-26,29H,1,13,15-18H2;1H/q+1;/p-1/t20?,21-,25-,26+,28?;/m0./s1. The van der Waals surface area contributed by atoms with Gasteiger partial charge in [-0.3, -0.25) is 4.98 Å². The largest absolute Gasteiger partial charge is 1.00 e. The number of hydrogen-bond donors (Lipinski definition) is 1. The Labute approximate surface area is 185 Å². The van der Waals surface area contributed by atoms with Crippen molar-refractivity contribution >= 4 is 10.9 Å². The van der Waals surface area contributed by atoms with Gasteiger partial charge in [-0.05, 0) is 23.6 Å². The van der Waals surface area contributed by atoms with Crippen molar-refractivity contribution in [2.75, 3.05) is 13.1 Å². The molecule has 2 bridgehead atoms. The van der Waals surface area contributed by atoms with Crippen LogP contribution in [-0.2, 0) is 6.54 Å². The minimum Gasteiger partial charge on any atom is -1.00 e. The zero-order chi connectivity index (χ0) is 19.8. The van der Waals surface area contributed by atoms with Gasteiger partial charge in [0.15, 0.2) is 0 Å². The van der Waals surface area contributed by atoms with E-state index in [1.807, 2.05) is 30.5 Å². The van der Waals surface area contributed by atoms with Gasteiger partial charge >= 0.3 is 0 Å². The molecule has 3 nitrogen and oxygen atoms in total. The Bertz CT molecular complexity index is 1020. The van der Waals surface area contributed by atoms with Crippen molar-refractivity contribution in [2.45, 2.75) is 31.5 Å². The van der Waals surface area contributed by atoms with Crippen LogP contribution in [0, 0.1) is 11.8 Å². The second-order valence-corrected chi connectivity index (χ2v) is 8.88. The second kappa shape index (κ2) is 8.50. The number of rotatable bonds is 5. The van der Waals surface area contributed by atoms with Crippen LogP contribution in [0.1, 0.15) is 30.1 Å². The predicted molar refractivity (Wildman–Crippen MR) is 117 cm³/mol. The lowest BCUT2D eigenvalue weighted by molar-refractivity contribution is -0.984. The first-order valence-electron chi connectivity index (χ1n) is 10.7. The summed E-state index contributed by atoms with van der Waals surface area (Å²) in [5.41, 5.74) is 3.33. The smallest absolute Gasteiger partial charge is 0.131 e. The number of aromatic nitrogens is 1. The molecule has 2 aromatic carbocycles. The molecule has 3 saturated heterocycles. The lowest BCUT2D eigenvalue weighted by Crippen LogP contribution is -3.00. The lowest BCUT2D eigenvalue weighted by Gasteiger charge is -2.58. The first-order valence-corrected chi connectivity index (χ1v) is 10.7. The molecular weight excluding hydrogens is 392 g/mol. The highest BCUT2D eigenvalue weighted by atomic mass is 35.5. The van der Waals surface area contributed by atoms with Gasteiger partial charge in [-0.25, -0.2) is 0 Å². The molecule has 5 atom stereocenters. The van der Waals surface area contributed by atoms with Crippen LogP contribution in [0.3, 0.4) is 0 Å². The number of aliphatic hydroxyl groups excluding tert-OH is 1. The highest BCUT2D eigenvalue weighted by molar-refractivity contribution is 5.82. The van der Waals surface area contributed by atoms with Crippen molar-refractivity contribution in [1.29, 1.82) is 0 Å². The van der Waals surface area contributed by atoms with E-state index in [0.29, 0.717) is 11.8 Å². The maximum absolute atomic E-state index is 11.7. The number of quaternary nitrogens is 1. The molecule has 0 saturated carbocycles. The van der Waals surface area contributed by atoms with Gasteiger partial charge in [0.25, 0.3) is 0 Å². The van der Waals surface area contributed by atoms with Crippen molar-refractivity contribution in [3.63, 3.8) is 0 Å². The number of nitrogens with zero attached hydrogens (tertiary/aromatic N) is 2. The van der Waals surface area contributed by atoms with Gasteiger partial charge in [0.2, 0.25) is 0 Å². The van der Waals surface area contributed by atoms with Crippen LogP contribution in [-0.4, -0.2) is 33.7 Å². The van der Waals surface area contributed by atoms with E-state index in [1.165, 1.54) is 12.0 Å². The van der Waals surface area contributed by atoms with Gasteiger partial charge in [0.1, 0.15) is 18.7 Å². The number of aliphatic hydroxyl groups is 1. The third kappa shape index (κ3) is 3.56. The Balaban J connectivity index is 0.00000218. The van der Waals surface area contributed by atoms with E-state index in [0.717, 1.165) is 47.0 Å². The van der Waals surface area contributed by atoms with Crippen LogP contribution in [0.2, 0.25) is 0 Å². The summed E-state index contributed by atoms with van der Waals surface area (Å²) in [6, 6.07) is 21.2. The molecule has 0 aliphatic carbocycles. The van der Waals surface area contributed by atoms with Gasteiger partial charge < -0.3 is 22.0 Å². The fourth-order valence-corrected chi connectivity index (χ4v) is 5.91. The molecule has 6 rings (SSSR count). The minimum atomic E-state index is -0.486. The molecule has 3 aromatic rings. The summed E-state index contributed by atoms with van der Waals surface area (Å²) in [6.07, 6.45) is 5.79. The van der Waals surface area contributed by atoms with Crippen LogP contribution in [0.15, 0.2) is 79.5 Å². The quantitative estimate of drug-likeness (QED) is 0.505. The van der Waals surface area contributed by atoms with Crippen molar-refractivity contribution in [1.82, 2.24) is 4.98 Å². The maximum atomic E-state index is 11.7. The average Bonchev–Trinajstić information content (AvgIpc) is 2.78. The summed E-state index contributed by atoms with van der Waals surface area (Å²) in [7, 11) is 0. The van der Waals surface area contributed by atoms with Crippen LogP contribution in [0.5, 0.6) is 0 Å². The summed E-state index contributed by atoms with van der Waals surface area (Å²) < 4.78 is 0.953. The van der Waals surface area contributed by atoms with Crippen LogP contribution in [0.4, 0.5) is 0 Å². The highest BCUT2D eigenvalue weighted by Crippen LogP contribution is 2.47. The molecule has 156 valence electrons. The lowest BCUT2D eigenvalue weighted by atomic mass is 9.71. The van der Waals surface area contributed by atoms with Crippen molar-refractivity contribution in [3.8, 4) is 0 Å². The number of piperidine rings is 3. The normalized spacial score (nSPS) is 28.6. The number of fused-ring (bicyclic) bond motifs is 4. The summed E-state index contributed by atoms with van der Waals surface area (Å²) in [4.78, 5) is 4.50. The molecule has 3 aliphatic heterocycles. The zero-order valence-corrected chi connectivity index (χ0v) is 18.0. The second-order valence-electron chi connectivity index (χ2n) is 8.88. The van der Waals surface area contributed by atoms with Gasteiger partial charge in [0, 0.05) is 35.9 Å². The van der Waals surface area contributed by atoms with Crippen LogP contribution >= 0.6 is 0 Å². The highest BCUT2D eigenvalue weighted by Gasteiger charge is 2.53. The predicted octanol–water partition coefficient (Wildman–Crippen LogP) is 1.88. The summed E-state index contributed by atoms with van der Waals surface area (Å²) in [5.74, 6) is 1.18. The number of halogens is 1. The molecule has 2 unspecified atom stereocenters. The van der Waals surface area contributed by atoms with E-state index in [9.17, 15) is 5.11 Å². The third-order valence-corrected chi connectivity index (χ3v) is 7.38. The summed E-state index contributed by atoms with van der Waals surface area (Å²) in [5, 5.41) is 12.8. The van der Waals surface area contributed by atoms with Gasteiger partial charge in [-0.1, -0.05) is 54.6 Å². The Kier molecular flexibility index (Phi) is 5.97. The Morgan fingerprint density at radius 3 is 2.67 bits per heavy atom. The number of hydrogen-bond acceptors (Lipinski definition) is 2. The van der Waals surface area contributed by atoms with Crippen LogP contribution in [0.25, 0.3) is 10.9 Å². The topological polar surface area (TPSA) is 33.1 Å². The monoisotopic (exact) mass is 420 g/mol. The zero-order valence-electron chi connectivity index (χ0n) is 17.2. The van der Waals surface area contributed by atoms with Crippen LogP contribution < -0.4 is 12.4 Å². The third-order valence-electron chi connectivity index (χ3n) is 7.38. The number of para-hydroxylation sites is 1. The van der Waals surface area contributed by atoms with E-state index in [4.69, 9.17) is 0 Å². The van der Waals surface area contributed by atoms with E-state index < -0.39 is 6.10 Å². The fraction of sp³-hybridized carbons (Fsp3) is 0.346. The molecule has 1 N–H and O–H groups in total. The molecule has 0 radical (unpaired) electrons. The maximum Gasteiger partial charge on any atom is 0.131 e.